The monoisotopic (exact) mass is 369 g/mol. The Bertz CT molecular complexity index is 942. The second-order valence-electron chi connectivity index (χ2n) is 6.79. The smallest absolute Gasteiger partial charge is 0.225 e. The third kappa shape index (κ3) is 3.06. The number of halogens is 1. The van der Waals surface area contributed by atoms with Crippen molar-refractivity contribution in [2.45, 2.75) is 31.2 Å². The van der Waals surface area contributed by atoms with Gasteiger partial charge in [0.1, 0.15) is 11.3 Å². The first kappa shape index (κ1) is 17.0. The van der Waals surface area contributed by atoms with Crippen molar-refractivity contribution < 1.29 is 13.9 Å². The Morgan fingerprint density at radius 1 is 1.23 bits per heavy atom. The number of carbonyl (C=O) groups is 1. The highest BCUT2D eigenvalue weighted by Crippen LogP contribution is 2.41. The van der Waals surface area contributed by atoms with E-state index in [1.165, 1.54) is 0 Å². The lowest BCUT2D eigenvalue weighted by molar-refractivity contribution is -0.123. The summed E-state index contributed by atoms with van der Waals surface area (Å²) in [4.78, 5) is 12.7. The molecule has 1 aliphatic rings. The number of nitrogens with one attached hydrogen (secondary N) is 1. The molecular formula is C21H20ClNO3. The van der Waals surface area contributed by atoms with Crippen LogP contribution in [0.25, 0.3) is 11.0 Å². The average Bonchev–Trinajstić information content (AvgIpc) is 3.01. The van der Waals surface area contributed by atoms with E-state index in [4.69, 9.17) is 20.8 Å². The molecule has 0 atom stereocenters. The first-order valence-electron chi connectivity index (χ1n) is 8.71. The van der Waals surface area contributed by atoms with Crippen LogP contribution in [0.1, 0.15) is 30.4 Å². The maximum atomic E-state index is 12.7. The number of hydrogen-bond acceptors (Lipinski definition) is 3. The van der Waals surface area contributed by atoms with Crippen molar-refractivity contribution in [3.8, 4) is 5.75 Å². The number of carbonyl (C=O) groups excluding carboxylic acids is 1. The molecule has 2 aromatic carbocycles. The van der Waals surface area contributed by atoms with E-state index < -0.39 is 0 Å². The molecule has 5 heteroatoms. The number of ether oxygens (including phenoxy) is 1. The second-order valence-corrected chi connectivity index (χ2v) is 7.23. The van der Waals surface area contributed by atoms with E-state index in [0.717, 1.165) is 47.1 Å². The second kappa shape index (κ2) is 6.69. The fourth-order valence-corrected chi connectivity index (χ4v) is 3.72. The van der Waals surface area contributed by atoms with Gasteiger partial charge in [-0.25, -0.2) is 0 Å². The lowest BCUT2D eigenvalue weighted by atomic mass is 9.71. The highest BCUT2D eigenvalue weighted by atomic mass is 35.5. The molecule has 1 amide bonds. The van der Waals surface area contributed by atoms with Crippen LogP contribution in [0.5, 0.6) is 5.75 Å². The summed E-state index contributed by atoms with van der Waals surface area (Å²) in [6.45, 7) is 0. The Labute approximate surface area is 157 Å². The zero-order valence-corrected chi connectivity index (χ0v) is 15.3. The predicted molar refractivity (Wildman–Crippen MR) is 102 cm³/mol. The van der Waals surface area contributed by atoms with Gasteiger partial charge in [0.15, 0.2) is 0 Å². The maximum absolute atomic E-state index is 12.7. The van der Waals surface area contributed by atoms with Gasteiger partial charge in [-0.2, -0.15) is 0 Å². The quantitative estimate of drug-likeness (QED) is 0.700. The lowest BCUT2D eigenvalue weighted by Gasteiger charge is -2.43. The first-order valence-corrected chi connectivity index (χ1v) is 9.09. The van der Waals surface area contributed by atoms with E-state index in [1.54, 1.807) is 13.4 Å². The van der Waals surface area contributed by atoms with Crippen LogP contribution >= 0.6 is 11.6 Å². The molecule has 1 fully saturated rings. The van der Waals surface area contributed by atoms with Gasteiger partial charge < -0.3 is 14.5 Å². The largest absolute Gasteiger partial charge is 0.497 e. The number of methoxy groups -OCH3 is 1. The molecule has 1 N–H and O–H groups in total. The van der Waals surface area contributed by atoms with Gasteiger partial charge in [0.25, 0.3) is 0 Å². The number of furan rings is 1. The van der Waals surface area contributed by atoms with Crippen LogP contribution in [0.15, 0.2) is 53.1 Å². The summed E-state index contributed by atoms with van der Waals surface area (Å²) in [6.07, 6.45) is 4.94. The molecule has 4 rings (SSSR count). The Morgan fingerprint density at radius 3 is 2.65 bits per heavy atom. The minimum atomic E-state index is -0.273. The van der Waals surface area contributed by atoms with Crippen molar-refractivity contribution >= 4 is 28.5 Å². The normalized spacial score (nSPS) is 15.5. The topological polar surface area (TPSA) is 51.5 Å². The predicted octanol–water partition coefficient (Wildman–Crippen LogP) is 4.83. The third-order valence-electron chi connectivity index (χ3n) is 5.20. The molecule has 0 saturated heterocycles. The van der Waals surface area contributed by atoms with Crippen LogP contribution < -0.4 is 10.1 Å². The summed E-state index contributed by atoms with van der Waals surface area (Å²) in [5.74, 6) is 0.733. The molecule has 134 valence electrons. The molecule has 3 aromatic rings. The van der Waals surface area contributed by atoms with Gasteiger partial charge in [-0.15, -0.1) is 0 Å². The number of rotatable bonds is 5. The zero-order chi connectivity index (χ0) is 18.1. The summed E-state index contributed by atoms with van der Waals surface area (Å²) >= 11 is 5.99. The Morgan fingerprint density at radius 2 is 2.00 bits per heavy atom. The molecule has 0 spiro atoms. The van der Waals surface area contributed by atoms with E-state index in [2.05, 4.69) is 5.32 Å². The van der Waals surface area contributed by atoms with Crippen LogP contribution in [-0.4, -0.2) is 13.0 Å². The van der Waals surface area contributed by atoms with Gasteiger partial charge in [-0.3, -0.25) is 4.79 Å². The van der Waals surface area contributed by atoms with Crippen molar-refractivity contribution in [3.05, 3.63) is 64.9 Å². The van der Waals surface area contributed by atoms with E-state index in [1.807, 2.05) is 42.5 Å². The van der Waals surface area contributed by atoms with Crippen LogP contribution in [-0.2, 0) is 16.8 Å². The molecule has 4 nitrogen and oxygen atoms in total. The maximum Gasteiger partial charge on any atom is 0.225 e. The van der Waals surface area contributed by atoms with Crippen LogP contribution in [0.4, 0.5) is 0 Å². The fraction of sp³-hybridized carbons (Fsp3) is 0.286. The highest BCUT2D eigenvalue weighted by molar-refractivity contribution is 6.30. The molecule has 1 aromatic heterocycles. The zero-order valence-electron chi connectivity index (χ0n) is 14.5. The third-order valence-corrected chi connectivity index (χ3v) is 5.45. The molecule has 0 aliphatic heterocycles. The molecule has 0 radical (unpaired) electrons. The van der Waals surface area contributed by atoms with E-state index in [-0.39, 0.29) is 17.9 Å². The van der Waals surface area contributed by atoms with Gasteiger partial charge in [-0.05, 0) is 49.1 Å². The Balaban J connectivity index is 1.52. The molecule has 0 unspecified atom stereocenters. The van der Waals surface area contributed by atoms with Crippen molar-refractivity contribution in [3.63, 3.8) is 0 Å². The van der Waals surface area contributed by atoms with Crippen molar-refractivity contribution in [2.75, 3.05) is 7.11 Å². The minimum absolute atomic E-state index is 0.00170. The van der Waals surface area contributed by atoms with Gasteiger partial charge in [0.2, 0.25) is 5.91 Å². The van der Waals surface area contributed by atoms with Crippen molar-refractivity contribution in [2.24, 2.45) is 0 Å². The lowest BCUT2D eigenvalue weighted by Crippen LogP contribution is -2.51. The van der Waals surface area contributed by atoms with Crippen molar-refractivity contribution in [1.29, 1.82) is 0 Å². The molecule has 1 aliphatic carbocycles. The number of benzene rings is 2. The Hall–Kier alpha value is -2.46. The van der Waals surface area contributed by atoms with Crippen LogP contribution in [0.2, 0.25) is 5.02 Å². The first-order chi connectivity index (χ1) is 12.6. The van der Waals surface area contributed by atoms with E-state index in [9.17, 15) is 4.79 Å². The van der Waals surface area contributed by atoms with Gasteiger partial charge in [0, 0.05) is 22.0 Å². The summed E-state index contributed by atoms with van der Waals surface area (Å²) in [6, 6.07) is 13.4. The number of fused-ring (bicyclic) bond motifs is 1. The summed E-state index contributed by atoms with van der Waals surface area (Å²) < 4.78 is 10.8. The van der Waals surface area contributed by atoms with E-state index in [0.29, 0.717) is 5.02 Å². The van der Waals surface area contributed by atoms with Gasteiger partial charge in [0.05, 0.1) is 25.3 Å². The van der Waals surface area contributed by atoms with Crippen LogP contribution in [0.3, 0.4) is 0 Å². The van der Waals surface area contributed by atoms with Gasteiger partial charge in [-0.1, -0.05) is 23.7 Å². The summed E-state index contributed by atoms with van der Waals surface area (Å²) in [5.41, 5.74) is 2.45. The SMILES string of the molecule is COc1ccc2c(CC(=O)NC3(c4ccc(Cl)cc4)CCC3)coc2c1. The summed E-state index contributed by atoms with van der Waals surface area (Å²) in [7, 11) is 1.62. The number of amides is 1. The number of hydrogen-bond donors (Lipinski definition) is 1. The molecule has 0 bridgehead atoms. The molecule has 26 heavy (non-hydrogen) atoms. The van der Waals surface area contributed by atoms with E-state index >= 15 is 0 Å². The fourth-order valence-electron chi connectivity index (χ4n) is 3.60. The highest BCUT2D eigenvalue weighted by Gasteiger charge is 2.39. The average molecular weight is 370 g/mol. The minimum Gasteiger partial charge on any atom is -0.497 e. The molecule has 1 heterocycles. The summed E-state index contributed by atoms with van der Waals surface area (Å²) in [5, 5.41) is 4.89. The standard InChI is InChI=1S/C21H20ClNO3/c1-25-17-7-8-18-14(13-26-19(18)12-17)11-20(24)23-21(9-2-10-21)15-3-5-16(22)6-4-15/h3-8,12-13H,2,9-11H2,1H3,(H,23,24). The van der Waals surface area contributed by atoms with Crippen LogP contribution in [0, 0.1) is 0 Å². The van der Waals surface area contributed by atoms with Gasteiger partial charge >= 0.3 is 0 Å². The van der Waals surface area contributed by atoms with Crippen molar-refractivity contribution in [1.82, 2.24) is 5.32 Å². The Kier molecular flexibility index (Phi) is 4.37. The molecular weight excluding hydrogens is 350 g/mol. The molecule has 1 saturated carbocycles.